The predicted molar refractivity (Wildman–Crippen MR) is 50.0 cm³/mol. The molecule has 0 unspecified atom stereocenters. The number of rotatable bonds is 3. The molecule has 2 nitrogen and oxygen atoms in total. The zero-order valence-electron chi connectivity index (χ0n) is 7.85. The molecular weight excluding hydrogens is 212 g/mol. The van der Waals surface area contributed by atoms with Crippen molar-refractivity contribution >= 4 is 11.6 Å². The summed E-state index contributed by atoms with van der Waals surface area (Å²) in [5.74, 6) is 0.145. The number of ether oxygens (including phenoxy) is 1. The fraction of sp³-hybridized carbons (Fsp3) is 0.444. The van der Waals surface area contributed by atoms with Crippen LogP contribution in [0.4, 0.5) is 8.78 Å². The van der Waals surface area contributed by atoms with E-state index in [1.807, 2.05) is 0 Å². The number of pyridine rings is 1. The Bertz CT molecular complexity index is 331. The molecule has 0 amide bonds. The Hall–Kier alpha value is -0.900. The number of aryl methyl sites for hydroxylation is 1. The maximum absolute atomic E-state index is 12.6. The monoisotopic (exact) mass is 221 g/mol. The molecular formula is C9H10ClF2NO. The third kappa shape index (κ3) is 2.12. The van der Waals surface area contributed by atoms with Gasteiger partial charge in [-0.25, -0.2) is 13.8 Å². The summed E-state index contributed by atoms with van der Waals surface area (Å²) in [5.41, 5.74) is 0.644. The molecule has 0 atom stereocenters. The minimum Gasteiger partial charge on any atom is -0.481 e. The van der Waals surface area contributed by atoms with E-state index in [1.165, 1.54) is 13.2 Å². The lowest BCUT2D eigenvalue weighted by molar-refractivity contribution is 0.149. The van der Waals surface area contributed by atoms with Gasteiger partial charge in [0, 0.05) is 16.8 Å². The van der Waals surface area contributed by atoms with Gasteiger partial charge in [-0.1, -0.05) is 0 Å². The molecule has 14 heavy (non-hydrogen) atoms. The molecule has 5 heteroatoms. The Kier molecular flexibility index (Phi) is 3.63. The van der Waals surface area contributed by atoms with Crippen molar-refractivity contribution < 1.29 is 13.5 Å². The Morgan fingerprint density at radius 3 is 2.64 bits per heavy atom. The lowest BCUT2D eigenvalue weighted by Gasteiger charge is -2.11. The van der Waals surface area contributed by atoms with Gasteiger partial charge >= 0.3 is 0 Å². The predicted octanol–water partition coefficient (Wildman–Crippen LogP) is 3.08. The fourth-order valence-electron chi connectivity index (χ4n) is 1.19. The molecule has 78 valence electrons. The van der Waals surface area contributed by atoms with E-state index < -0.39 is 6.43 Å². The summed E-state index contributed by atoms with van der Waals surface area (Å²) in [6.45, 7) is 1.63. The smallest absolute Gasteiger partial charge is 0.264 e. The zero-order chi connectivity index (χ0) is 10.7. The number of hydrogen-bond acceptors (Lipinski definition) is 2. The lowest BCUT2D eigenvalue weighted by Crippen LogP contribution is -2.01. The number of nitrogens with zero attached hydrogens (tertiary/aromatic N) is 1. The summed E-state index contributed by atoms with van der Waals surface area (Å²) >= 11 is 5.56. The highest BCUT2D eigenvalue weighted by atomic mass is 35.5. The van der Waals surface area contributed by atoms with Crippen LogP contribution < -0.4 is 4.74 Å². The SMILES string of the molecule is COc1nc(C)cc(C(F)F)c1CCl. The topological polar surface area (TPSA) is 22.1 Å². The summed E-state index contributed by atoms with van der Waals surface area (Å²) in [6.07, 6.45) is -2.56. The van der Waals surface area contributed by atoms with Gasteiger partial charge in [-0.2, -0.15) is 0 Å². The summed E-state index contributed by atoms with van der Waals surface area (Å²) in [7, 11) is 1.38. The molecule has 0 radical (unpaired) electrons. The van der Waals surface area contributed by atoms with Crippen LogP contribution in [0.2, 0.25) is 0 Å². The second-order valence-corrected chi connectivity index (χ2v) is 3.04. The van der Waals surface area contributed by atoms with Gasteiger partial charge in [0.1, 0.15) is 0 Å². The first-order valence-electron chi connectivity index (χ1n) is 3.98. The highest BCUT2D eigenvalue weighted by molar-refractivity contribution is 6.17. The molecule has 0 N–H and O–H groups in total. The van der Waals surface area contributed by atoms with Crippen LogP contribution >= 0.6 is 11.6 Å². The van der Waals surface area contributed by atoms with E-state index in [2.05, 4.69) is 4.98 Å². The summed E-state index contributed by atoms with van der Waals surface area (Å²) in [6, 6.07) is 1.32. The van der Waals surface area contributed by atoms with Crippen molar-refractivity contribution in [2.24, 2.45) is 0 Å². The van der Waals surface area contributed by atoms with Gasteiger partial charge in [-0.05, 0) is 13.0 Å². The molecule has 1 aromatic rings. The lowest BCUT2D eigenvalue weighted by atomic mass is 10.1. The average molecular weight is 222 g/mol. The van der Waals surface area contributed by atoms with Gasteiger partial charge in [0.05, 0.1) is 13.0 Å². The Balaban J connectivity index is 3.31. The zero-order valence-corrected chi connectivity index (χ0v) is 8.61. The van der Waals surface area contributed by atoms with Crippen LogP contribution in [0.15, 0.2) is 6.07 Å². The summed E-state index contributed by atoms with van der Waals surface area (Å²) < 4.78 is 30.0. The third-order valence-electron chi connectivity index (χ3n) is 1.81. The van der Waals surface area contributed by atoms with Crippen LogP contribution in [0, 0.1) is 6.92 Å². The van der Waals surface area contributed by atoms with Crippen LogP contribution in [0.5, 0.6) is 5.88 Å². The van der Waals surface area contributed by atoms with Crippen LogP contribution in [0.1, 0.15) is 23.2 Å². The van der Waals surface area contributed by atoms with E-state index in [0.717, 1.165) is 0 Å². The molecule has 1 heterocycles. The summed E-state index contributed by atoms with van der Waals surface area (Å²) in [4.78, 5) is 3.97. The molecule has 0 bridgehead atoms. The maximum atomic E-state index is 12.6. The largest absolute Gasteiger partial charge is 0.481 e. The van der Waals surface area contributed by atoms with Crippen molar-refractivity contribution in [3.05, 3.63) is 22.9 Å². The minimum absolute atomic E-state index is 0.0316. The van der Waals surface area contributed by atoms with Gasteiger partial charge < -0.3 is 4.74 Å². The van der Waals surface area contributed by atoms with Gasteiger partial charge in [0.2, 0.25) is 5.88 Å². The first-order chi connectivity index (χ1) is 6.60. The third-order valence-corrected chi connectivity index (χ3v) is 2.08. The minimum atomic E-state index is -2.56. The number of methoxy groups -OCH3 is 1. The van der Waals surface area contributed by atoms with E-state index in [4.69, 9.17) is 16.3 Å². The Morgan fingerprint density at radius 1 is 1.57 bits per heavy atom. The summed E-state index contributed by atoms with van der Waals surface area (Å²) in [5, 5.41) is 0. The standard InChI is InChI=1S/C9H10ClF2NO/c1-5-3-6(8(11)12)7(4-10)9(13-5)14-2/h3,8H,4H2,1-2H3. The van der Waals surface area contributed by atoms with Crippen LogP contribution in [0.3, 0.4) is 0 Å². The molecule has 0 saturated carbocycles. The van der Waals surface area contributed by atoms with Crippen molar-refractivity contribution in [2.75, 3.05) is 7.11 Å². The average Bonchev–Trinajstić information content (AvgIpc) is 2.16. The maximum Gasteiger partial charge on any atom is 0.264 e. The molecule has 0 fully saturated rings. The quantitative estimate of drug-likeness (QED) is 0.732. The molecule has 1 aromatic heterocycles. The van der Waals surface area contributed by atoms with Gasteiger partial charge in [0.25, 0.3) is 6.43 Å². The van der Waals surface area contributed by atoms with Crippen molar-refractivity contribution in [3.8, 4) is 5.88 Å². The molecule has 1 rings (SSSR count). The number of halogens is 3. The van der Waals surface area contributed by atoms with E-state index in [1.54, 1.807) is 6.92 Å². The highest BCUT2D eigenvalue weighted by Gasteiger charge is 2.18. The first-order valence-corrected chi connectivity index (χ1v) is 4.52. The van der Waals surface area contributed by atoms with E-state index in [-0.39, 0.29) is 22.9 Å². The Labute approximate surface area is 85.9 Å². The van der Waals surface area contributed by atoms with E-state index in [0.29, 0.717) is 5.69 Å². The van der Waals surface area contributed by atoms with Gasteiger partial charge in [-0.3, -0.25) is 0 Å². The second-order valence-electron chi connectivity index (χ2n) is 2.78. The molecule has 0 aliphatic heterocycles. The van der Waals surface area contributed by atoms with Crippen LogP contribution in [-0.2, 0) is 5.88 Å². The van der Waals surface area contributed by atoms with Crippen molar-refractivity contribution in [1.82, 2.24) is 4.98 Å². The number of aromatic nitrogens is 1. The van der Waals surface area contributed by atoms with Gasteiger partial charge in [0.15, 0.2) is 0 Å². The second kappa shape index (κ2) is 4.55. The van der Waals surface area contributed by atoms with Crippen molar-refractivity contribution in [2.45, 2.75) is 19.2 Å². The highest BCUT2D eigenvalue weighted by Crippen LogP contribution is 2.30. The Morgan fingerprint density at radius 2 is 2.21 bits per heavy atom. The molecule has 0 aliphatic carbocycles. The normalized spacial score (nSPS) is 10.7. The van der Waals surface area contributed by atoms with Crippen LogP contribution in [-0.4, -0.2) is 12.1 Å². The van der Waals surface area contributed by atoms with Gasteiger partial charge in [-0.15, -0.1) is 11.6 Å². The van der Waals surface area contributed by atoms with E-state index in [9.17, 15) is 8.78 Å². The fourth-order valence-corrected chi connectivity index (χ4v) is 1.46. The molecule has 0 saturated heterocycles. The molecule has 0 spiro atoms. The molecule has 0 aromatic carbocycles. The number of hydrogen-bond donors (Lipinski definition) is 0. The van der Waals surface area contributed by atoms with E-state index >= 15 is 0 Å². The first kappa shape index (κ1) is 11.2. The van der Waals surface area contributed by atoms with Crippen molar-refractivity contribution in [1.29, 1.82) is 0 Å². The molecule has 0 aliphatic rings. The number of alkyl halides is 3. The van der Waals surface area contributed by atoms with Crippen LogP contribution in [0.25, 0.3) is 0 Å². The van der Waals surface area contributed by atoms with Crippen molar-refractivity contribution in [3.63, 3.8) is 0 Å².